The second-order valence-electron chi connectivity index (χ2n) is 4.21. The maximum Gasteiger partial charge on any atom is 0.349 e. The minimum atomic E-state index is -1.27. The molecule has 0 aliphatic rings. The van der Waals surface area contributed by atoms with E-state index < -0.39 is 17.7 Å². The van der Waals surface area contributed by atoms with Crippen molar-refractivity contribution < 1.29 is 24.5 Å². The van der Waals surface area contributed by atoms with Crippen molar-refractivity contribution >= 4 is 18.0 Å². The highest BCUT2D eigenvalue weighted by Gasteiger charge is 2.14. The van der Waals surface area contributed by atoms with Gasteiger partial charge in [0, 0.05) is 0 Å². The normalized spacial score (nSPS) is 11.0. The van der Waals surface area contributed by atoms with Gasteiger partial charge >= 0.3 is 11.9 Å². The molecule has 6 nitrogen and oxygen atoms in total. The maximum absolute atomic E-state index is 11.6. The molecule has 0 amide bonds. The summed E-state index contributed by atoms with van der Waals surface area (Å²) >= 11 is 0. The SMILES string of the molecule is CC(C)OC(=O)C(C#N)=Cc1ccc(C(=O)O)c(O)c1. The largest absolute Gasteiger partial charge is 0.507 e. The van der Waals surface area contributed by atoms with Gasteiger partial charge in [0.25, 0.3) is 0 Å². The standard InChI is InChI=1S/C14H13NO5/c1-8(2)20-14(19)10(7-15)5-9-3-4-11(13(17)18)12(16)6-9/h3-6,8,16H,1-2H3,(H,17,18). The van der Waals surface area contributed by atoms with E-state index in [2.05, 4.69) is 0 Å². The van der Waals surface area contributed by atoms with Crippen LogP contribution in [0.4, 0.5) is 0 Å². The van der Waals surface area contributed by atoms with Gasteiger partial charge in [-0.15, -0.1) is 0 Å². The fourth-order valence-corrected chi connectivity index (χ4v) is 1.40. The molecule has 0 bridgehead atoms. The van der Waals surface area contributed by atoms with Crippen molar-refractivity contribution in [2.45, 2.75) is 20.0 Å². The number of ether oxygens (including phenoxy) is 1. The molecular weight excluding hydrogens is 262 g/mol. The fourth-order valence-electron chi connectivity index (χ4n) is 1.40. The van der Waals surface area contributed by atoms with Gasteiger partial charge in [-0.2, -0.15) is 5.26 Å². The number of carbonyl (C=O) groups is 2. The van der Waals surface area contributed by atoms with Crippen molar-refractivity contribution in [2.75, 3.05) is 0 Å². The number of aromatic carboxylic acids is 1. The zero-order valence-corrected chi connectivity index (χ0v) is 11.0. The lowest BCUT2D eigenvalue weighted by Crippen LogP contribution is -2.12. The van der Waals surface area contributed by atoms with E-state index in [1.165, 1.54) is 18.2 Å². The summed E-state index contributed by atoms with van der Waals surface area (Å²) in [6.45, 7) is 3.31. The van der Waals surface area contributed by atoms with Crippen LogP contribution < -0.4 is 0 Å². The summed E-state index contributed by atoms with van der Waals surface area (Å²) in [7, 11) is 0. The first-order chi connectivity index (χ1) is 9.35. The van der Waals surface area contributed by atoms with Gasteiger partial charge in [0.15, 0.2) is 0 Å². The third kappa shape index (κ3) is 3.85. The molecule has 0 fully saturated rings. The van der Waals surface area contributed by atoms with Gasteiger partial charge in [-0.3, -0.25) is 0 Å². The van der Waals surface area contributed by atoms with E-state index in [0.717, 1.165) is 6.07 Å². The zero-order chi connectivity index (χ0) is 15.3. The molecule has 0 radical (unpaired) electrons. The van der Waals surface area contributed by atoms with E-state index in [1.54, 1.807) is 19.9 Å². The third-order valence-electron chi connectivity index (χ3n) is 2.25. The topological polar surface area (TPSA) is 108 Å². The summed E-state index contributed by atoms with van der Waals surface area (Å²) in [5, 5.41) is 27.2. The van der Waals surface area contributed by atoms with Crippen LogP contribution in [0, 0.1) is 11.3 Å². The summed E-state index contributed by atoms with van der Waals surface area (Å²) in [5.74, 6) is -2.48. The Labute approximate surface area is 115 Å². The molecule has 1 aromatic carbocycles. The summed E-state index contributed by atoms with van der Waals surface area (Å²) in [5.41, 5.74) is -0.170. The van der Waals surface area contributed by atoms with Crippen LogP contribution >= 0.6 is 0 Å². The van der Waals surface area contributed by atoms with Crippen molar-refractivity contribution in [1.82, 2.24) is 0 Å². The Morgan fingerprint density at radius 2 is 2.05 bits per heavy atom. The zero-order valence-electron chi connectivity index (χ0n) is 11.0. The second-order valence-corrected chi connectivity index (χ2v) is 4.21. The number of esters is 1. The molecule has 0 aromatic heterocycles. The molecule has 2 N–H and O–H groups in total. The van der Waals surface area contributed by atoms with Gasteiger partial charge in [0.05, 0.1) is 6.10 Å². The number of carboxylic acids is 1. The number of nitrogens with zero attached hydrogens (tertiary/aromatic N) is 1. The number of benzene rings is 1. The number of rotatable bonds is 4. The van der Waals surface area contributed by atoms with Crippen molar-refractivity contribution in [2.24, 2.45) is 0 Å². The van der Waals surface area contributed by atoms with Crippen LogP contribution in [0.5, 0.6) is 5.75 Å². The van der Waals surface area contributed by atoms with Gasteiger partial charge in [-0.1, -0.05) is 6.07 Å². The van der Waals surface area contributed by atoms with Crippen molar-refractivity contribution in [3.8, 4) is 11.8 Å². The van der Waals surface area contributed by atoms with Crippen LogP contribution in [0.25, 0.3) is 6.08 Å². The molecule has 6 heteroatoms. The molecule has 0 aliphatic carbocycles. The summed E-state index contributed by atoms with van der Waals surface area (Å²) in [4.78, 5) is 22.3. The highest BCUT2D eigenvalue weighted by atomic mass is 16.5. The first-order valence-corrected chi connectivity index (χ1v) is 5.74. The Balaban J connectivity index is 3.09. The first-order valence-electron chi connectivity index (χ1n) is 5.74. The Bertz CT molecular complexity index is 610. The minimum absolute atomic E-state index is 0.235. The first kappa shape index (κ1) is 15.2. The molecular formula is C14H13NO5. The highest BCUT2D eigenvalue weighted by molar-refractivity contribution is 5.98. The van der Waals surface area contributed by atoms with Crippen LogP contribution in [-0.4, -0.2) is 28.3 Å². The molecule has 0 saturated heterocycles. The van der Waals surface area contributed by atoms with Gasteiger partial charge in [0.2, 0.25) is 0 Å². The van der Waals surface area contributed by atoms with Gasteiger partial charge < -0.3 is 14.9 Å². The van der Waals surface area contributed by atoms with E-state index >= 15 is 0 Å². The second kappa shape index (κ2) is 6.38. The predicted octanol–water partition coefficient (Wildman–Crippen LogP) is 1.95. The van der Waals surface area contributed by atoms with E-state index in [-0.39, 0.29) is 17.2 Å². The minimum Gasteiger partial charge on any atom is -0.507 e. The average Bonchev–Trinajstić information content (AvgIpc) is 2.34. The molecule has 0 atom stereocenters. The van der Waals surface area contributed by atoms with Gasteiger partial charge in [-0.05, 0) is 37.6 Å². The van der Waals surface area contributed by atoms with E-state index in [0.29, 0.717) is 5.56 Å². The Morgan fingerprint density at radius 3 is 2.50 bits per heavy atom. The molecule has 0 aliphatic heterocycles. The van der Waals surface area contributed by atoms with Crippen LogP contribution in [-0.2, 0) is 9.53 Å². The Kier molecular flexibility index (Phi) is 4.87. The average molecular weight is 275 g/mol. The van der Waals surface area contributed by atoms with Crippen molar-refractivity contribution in [3.63, 3.8) is 0 Å². The van der Waals surface area contributed by atoms with Crippen molar-refractivity contribution in [1.29, 1.82) is 5.26 Å². The highest BCUT2D eigenvalue weighted by Crippen LogP contribution is 2.20. The fraction of sp³-hybridized carbons (Fsp3) is 0.214. The molecule has 0 heterocycles. The van der Waals surface area contributed by atoms with Crippen LogP contribution in [0.15, 0.2) is 23.8 Å². The van der Waals surface area contributed by atoms with E-state index in [4.69, 9.17) is 15.1 Å². The smallest absolute Gasteiger partial charge is 0.349 e. The van der Waals surface area contributed by atoms with E-state index in [1.807, 2.05) is 0 Å². The lowest BCUT2D eigenvalue weighted by molar-refractivity contribution is -0.142. The van der Waals surface area contributed by atoms with Crippen LogP contribution in [0.1, 0.15) is 29.8 Å². The number of hydrogen-bond acceptors (Lipinski definition) is 5. The predicted molar refractivity (Wildman–Crippen MR) is 69.9 cm³/mol. The number of hydrogen-bond donors (Lipinski definition) is 2. The Morgan fingerprint density at radius 1 is 1.40 bits per heavy atom. The molecule has 20 heavy (non-hydrogen) atoms. The summed E-state index contributed by atoms with van der Waals surface area (Å²) in [6, 6.07) is 5.42. The maximum atomic E-state index is 11.6. The summed E-state index contributed by atoms with van der Waals surface area (Å²) in [6.07, 6.45) is 0.859. The lowest BCUT2D eigenvalue weighted by Gasteiger charge is -2.06. The number of aromatic hydroxyl groups is 1. The number of carboxylic acid groups (broad SMARTS) is 1. The van der Waals surface area contributed by atoms with Crippen LogP contribution in [0.3, 0.4) is 0 Å². The van der Waals surface area contributed by atoms with Gasteiger partial charge in [-0.25, -0.2) is 9.59 Å². The van der Waals surface area contributed by atoms with E-state index in [9.17, 15) is 14.7 Å². The molecule has 1 rings (SSSR count). The quantitative estimate of drug-likeness (QED) is 0.494. The van der Waals surface area contributed by atoms with Gasteiger partial charge in [0.1, 0.15) is 23.0 Å². The van der Waals surface area contributed by atoms with Crippen LogP contribution in [0.2, 0.25) is 0 Å². The molecule has 0 unspecified atom stereocenters. The number of carbonyl (C=O) groups excluding carboxylic acids is 1. The Hall–Kier alpha value is -2.81. The third-order valence-corrected chi connectivity index (χ3v) is 2.25. The molecule has 1 aromatic rings. The molecule has 0 spiro atoms. The number of phenols is 1. The summed E-state index contributed by atoms with van der Waals surface area (Å²) < 4.78 is 4.88. The van der Waals surface area contributed by atoms with Crippen molar-refractivity contribution in [3.05, 3.63) is 34.9 Å². The molecule has 0 saturated carbocycles. The monoisotopic (exact) mass is 275 g/mol. The lowest BCUT2D eigenvalue weighted by atomic mass is 10.1. The molecule has 104 valence electrons. The number of nitriles is 1.